The Morgan fingerprint density at radius 2 is 1.76 bits per heavy atom. The van der Waals surface area contributed by atoms with Gasteiger partial charge in [-0.1, -0.05) is 12.1 Å². The summed E-state index contributed by atoms with van der Waals surface area (Å²) < 4.78 is 52.4. The van der Waals surface area contributed by atoms with Gasteiger partial charge in [-0.05, 0) is 44.9 Å². The van der Waals surface area contributed by atoms with E-state index in [4.69, 9.17) is 9.47 Å². The molecule has 1 aromatic heterocycles. The normalized spacial score (nSPS) is 15.9. The number of dihydropyridines is 1. The number of halogens is 3. The first-order valence-electron chi connectivity index (χ1n) is 11.4. The summed E-state index contributed by atoms with van der Waals surface area (Å²) in [5.41, 5.74) is -0.544. The average molecular weight is 521 g/mol. The van der Waals surface area contributed by atoms with E-state index >= 15 is 0 Å². The summed E-state index contributed by atoms with van der Waals surface area (Å²) in [6.45, 7) is 6.08. The minimum atomic E-state index is -5.01. The summed E-state index contributed by atoms with van der Waals surface area (Å²) in [5.74, 6) is -3.90. The third-order valence-corrected chi connectivity index (χ3v) is 5.84. The van der Waals surface area contributed by atoms with Gasteiger partial charge in [-0.2, -0.15) is 13.2 Å². The van der Waals surface area contributed by atoms with Crippen LogP contribution in [-0.4, -0.2) is 41.2 Å². The molecule has 9 nitrogen and oxygen atoms in total. The molecule has 0 spiro atoms. The second-order valence-corrected chi connectivity index (χ2v) is 8.44. The topological polar surface area (TPSA) is 124 Å². The van der Waals surface area contributed by atoms with Crippen LogP contribution in [0, 0.1) is 24.0 Å². The SMILES string of the molecule is CCOC(=O)C1=C(C(F)(F)F)NC(C)=C(C(=O)OCCc2cc(C)[nH]c2C)C1c1cccc([N+](=O)[O-])c1. The second kappa shape index (κ2) is 10.9. The van der Waals surface area contributed by atoms with Crippen molar-refractivity contribution in [1.82, 2.24) is 10.3 Å². The van der Waals surface area contributed by atoms with Gasteiger partial charge in [-0.15, -0.1) is 0 Å². The highest BCUT2D eigenvalue weighted by molar-refractivity contribution is 6.00. The zero-order valence-electron chi connectivity index (χ0n) is 20.6. The summed E-state index contributed by atoms with van der Waals surface area (Å²) in [5, 5.41) is 13.5. The number of carbonyl (C=O) groups is 2. The lowest BCUT2D eigenvalue weighted by molar-refractivity contribution is -0.384. The van der Waals surface area contributed by atoms with Gasteiger partial charge in [0, 0.05) is 35.6 Å². The van der Waals surface area contributed by atoms with Crippen LogP contribution < -0.4 is 5.32 Å². The van der Waals surface area contributed by atoms with Gasteiger partial charge < -0.3 is 19.8 Å². The molecular weight excluding hydrogens is 495 g/mol. The fraction of sp³-hybridized carbons (Fsp3) is 0.360. The molecule has 12 heteroatoms. The number of hydrogen-bond donors (Lipinski definition) is 2. The molecule has 2 N–H and O–H groups in total. The van der Waals surface area contributed by atoms with Crippen LogP contribution in [0.5, 0.6) is 0 Å². The highest BCUT2D eigenvalue weighted by atomic mass is 19.4. The molecule has 1 atom stereocenters. The van der Waals surface area contributed by atoms with E-state index in [1.807, 2.05) is 19.9 Å². The maximum atomic E-state index is 14.0. The number of aromatic amines is 1. The van der Waals surface area contributed by atoms with Crippen LogP contribution >= 0.6 is 0 Å². The number of aryl methyl sites for hydroxylation is 2. The smallest absolute Gasteiger partial charge is 0.431 e. The molecule has 0 aliphatic carbocycles. The van der Waals surface area contributed by atoms with Crippen LogP contribution in [0.4, 0.5) is 18.9 Å². The average Bonchev–Trinajstić information content (AvgIpc) is 3.14. The number of nitro benzene ring substituents is 1. The molecule has 1 unspecified atom stereocenters. The molecule has 0 bridgehead atoms. The summed E-state index contributed by atoms with van der Waals surface area (Å²) in [6, 6.07) is 6.64. The van der Waals surface area contributed by atoms with E-state index in [0.717, 1.165) is 29.1 Å². The van der Waals surface area contributed by atoms with Gasteiger partial charge in [-0.25, -0.2) is 9.59 Å². The number of rotatable bonds is 8. The second-order valence-electron chi connectivity index (χ2n) is 8.44. The Morgan fingerprint density at radius 1 is 1.08 bits per heavy atom. The van der Waals surface area contributed by atoms with Crippen molar-refractivity contribution in [1.29, 1.82) is 0 Å². The first-order chi connectivity index (χ1) is 17.3. The van der Waals surface area contributed by atoms with Gasteiger partial charge in [0.15, 0.2) is 0 Å². The standard InChI is InChI=1S/C25H26F3N3O6/c1-5-36-24(33)21-20(17-7-6-8-18(12-17)31(34)35)19(15(4)30-22(21)25(26,27)28)23(32)37-10-9-16-11-13(2)29-14(16)3/h6-8,11-12,20,29-30H,5,9-10H2,1-4H3. The van der Waals surface area contributed by atoms with Crippen molar-refractivity contribution < 1.29 is 37.2 Å². The van der Waals surface area contributed by atoms with E-state index < -0.39 is 45.9 Å². The number of nitro groups is 1. The molecule has 3 rings (SSSR count). The lowest BCUT2D eigenvalue weighted by atomic mass is 9.80. The number of esters is 2. The van der Waals surface area contributed by atoms with Crippen molar-refractivity contribution >= 4 is 17.6 Å². The molecule has 0 fully saturated rings. The zero-order chi connectivity index (χ0) is 27.5. The van der Waals surface area contributed by atoms with Crippen LogP contribution in [-0.2, 0) is 25.5 Å². The number of nitrogens with zero attached hydrogens (tertiary/aromatic N) is 1. The highest BCUT2D eigenvalue weighted by Crippen LogP contribution is 2.44. The van der Waals surface area contributed by atoms with Gasteiger partial charge in [-0.3, -0.25) is 10.1 Å². The largest absolute Gasteiger partial charge is 0.463 e. The number of allylic oxidation sites excluding steroid dienone is 2. The van der Waals surface area contributed by atoms with Crippen molar-refractivity contribution in [3.63, 3.8) is 0 Å². The van der Waals surface area contributed by atoms with Crippen LogP contribution in [0.1, 0.15) is 42.3 Å². The van der Waals surface area contributed by atoms with Crippen molar-refractivity contribution in [2.24, 2.45) is 0 Å². The predicted molar refractivity (Wildman–Crippen MR) is 126 cm³/mol. The molecule has 2 aromatic rings. The lowest BCUT2D eigenvalue weighted by Gasteiger charge is -2.32. The first-order valence-corrected chi connectivity index (χ1v) is 11.4. The Bertz CT molecular complexity index is 1290. The summed E-state index contributed by atoms with van der Waals surface area (Å²) in [6.07, 6.45) is -4.67. The number of non-ortho nitro benzene ring substituents is 1. The van der Waals surface area contributed by atoms with Gasteiger partial charge in [0.2, 0.25) is 0 Å². The predicted octanol–water partition coefficient (Wildman–Crippen LogP) is 4.67. The van der Waals surface area contributed by atoms with E-state index in [-0.39, 0.29) is 30.0 Å². The molecule has 0 saturated heterocycles. The monoisotopic (exact) mass is 521 g/mol. The van der Waals surface area contributed by atoms with Crippen LogP contribution in [0.2, 0.25) is 0 Å². The molecule has 1 aromatic carbocycles. The zero-order valence-corrected chi connectivity index (χ0v) is 20.6. The highest BCUT2D eigenvalue weighted by Gasteiger charge is 2.47. The summed E-state index contributed by atoms with van der Waals surface area (Å²) in [4.78, 5) is 39.9. The number of benzene rings is 1. The van der Waals surface area contributed by atoms with Crippen molar-refractivity contribution in [2.75, 3.05) is 13.2 Å². The van der Waals surface area contributed by atoms with E-state index in [0.29, 0.717) is 6.42 Å². The minimum Gasteiger partial charge on any atom is -0.463 e. The minimum absolute atomic E-state index is 0.0658. The Hall–Kier alpha value is -4.09. The van der Waals surface area contributed by atoms with Crippen molar-refractivity contribution in [3.8, 4) is 0 Å². The Kier molecular flexibility index (Phi) is 8.09. The third kappa shape index (κ3) is 6.01. The van der Waals surface area contributed by atoms with Gasteiger partial charge in [0.05, 0.1) is 35.2 Å². The molecule has 0 amide bonds. The fourth-order valence-corrected chi connectivity index (χ4v) is 4.27. The summed E-state index contributed by atoms with van der Waals surface area (Å²) in [7, 11) is 0. The van der Waals surface area contributed by atoms with E-state index in [1.165, 1.54) is 26.0 Å². The van der Waals surface area contributed by atoms with Crippen molar-refractivity contribution in [3.05, 3.63) is 85.5 Å². The van der Waals surface area contributed by atoms with E-state index in [9.17, 15) is 32.9 Å². The van der Waals surface area contributed by atoms with Crippen molar-refractivity contribution in [2.45, 2.75) is 46.2 Å². The summed E-state index contributed by atoms with van der Waals surface area (Å²) >= 11 is 0. The van der Waals surface area contributed by atoms with Gasteiger partial charge in [0.1, 0.15) is 5.70 Å². The third-order valence-electron chi connectivity index (χ3n) is 5.84. The fourth-order valence-electron chi connectivity index (χ4n) is 4.27. The molecule has 2 heterocycles. The van der Waals surface area contributed by atoms with Crippen LogP contribution in [0.25, 0.3) is 0 Å². The molecule has 0 saturated carbocycles. The maximum absolute atomic E-state index is 14.0. The number of ether oxygens (including phenoxy) is 2. The Morgan fingerprint density at radius 3 is 2.32 bits per heavy atom. The number of aromatic nitrogens is 1. The Labute approximate surface area is 210 Å². The Balaban J connectivity index is 2.08. The van der Waals surface area contributed by atoms with Crippen LogP contribution in [0.3, 0.4) is 0 Å². The number of hydrogen-bond acceptors (Lipinski definition) is 7. The molecule has 198 valence electrons. The quantitative estimate of drug-likeness (QED) is 0.294. The number of H-pyrrole nitrogens is 1. The maximum Gasteiger partial charge on any atom is 0.431 e. The molecule has 37 heavy (non-hydrogen) atoms. The molecule has 1 aliphatic rings. The van der Waals surface area contributed by atoms with E-state index in [2.05, 4.69) is 10.3 Å². The van der Waals surface area contributed by atoms with E-state index in [1.54, 1.807) is 0 Å². The number of carbonyl (C=O) groups excluding carboxylic acids is 2. The number of alkyl halides is 3. The molecular formula is C25H26F3N3O6. The lowest BCUT2D eigenvalue weighted by Crippen LogP contribution is -2.38. The first kappa shape index (κ1) is 27.5. The number of nitrogens with one attached hydrogen (secondary N) is 2. The van der Waals surface area contributed by atoms with Gasteiger partial charge >= 0.3 is 18.1 Å². The van der Waals surface area contributed by atoms with Crippen LogP contribution in [0.15, 0.2) is 52.9 Å². The van der Waals surface area contributed by atoms with Gasteiger partial charge in [0.25, 0.3) is 5.69 Å². The molecule has 1 aliphatic heterocycles. The molecule has 0 radical (unpaired) electrons.